The van der Waals surface area contributed by atoms with Crippen LogP contribution in [0.3, 0.4) is 0 Å². The Balaban J connectivity index is 1.95. The van der Waals surface area contributed by atoms with E-state index in [1.807, 2.05) is 40.1 Å². The molecule has 5 heteroatoms. The first-order valence-corrected chi connectivity index (χ1v) is 6.47. The SMILES string of the molecule is Cc1cc(CN(C)Cc2nnc(C(C)C)o2)ccn1. The van der Waals surface area contributed by atoms with Gasteiger partial charge in [0.25, 0.3) is 0 Å². The van der Waals surface area contributed by atoms with E-state index in [4.69, 9.17) is 4.42 Å². The van der Waals surface area contributed by atoms with Crippen molar-refractivity contribution < 1.29 is 4.42 Å². The molecule has 0 aliphatic heterocycles. The van der Waals surface area contributed by atoms with Gasteiger partial charge in [-0.15, -0.1) is 10.2 Å². The van der Waals surface area contributed by atoms with E-state index in [-0.39, 0.29) is 5.92 Å². The third kappa shape index (κ3) is 3.86. The molecule has 2 rings (SSSR count). The second kappa shape index (κ2) is 5.93. The van der Waals surface area contributed by atoms with Crippen molar-refractivity contribution in [3.8, 4) is 0 Å². The van der Waals surface area contributed by atoms with Gasteiger partial charge in [0.15, 0.2) is 0 Å². The summed E-state index contributed by atoms with van der Waals surface area (Å²) in [7, 11) is 2.04. The molecule has 0 radical (unpaired) electrons. The van der Waals surface area contributed by atoms with Gasteiger partial charge in [0, 0.05) is 24.4 Å². The summed E-state index contributed by atoms with van der Waals surface area (Å²) in [6.45, 7) is 7.57. The topological polar surface area (TPSA) is 55.1 Å². The van der Waals surface area contributed by atoms with Crippen LogP contribution in [0.1, 0.15) is 42.8 Å². The highest BCUT2D eigenvalue weighted by Gasteiger charge is 2.11. The second-order valence-electron chi connectivity index (χ2n) is 5.17. The van der Waals surface area contributed by atoms with Crippen LogP contribution in [0.4, 0.5) is 0 Å². The standard InChI is InChI=1S/C14H20N4O/c1-10(2)14-17-16-13(19-14)9-18(4)8-12-5-6-15-11(3)7-12/h5-7,10H,8-9H2,1-4H3. The van der Waals surface area contributed by atoms with Gasteiger partial charge in [0.1, 0.15) is 0 Å². The van der Waals surface area contributed by atoms with E-state index in [0.29, 0.717) is 18.3 Å². The van der Waals surface area contributed by atoms with Gasteiger partial charge >= 0.3 is 0 Å². The lowest BCUT2D eigenvalue weighted by molar-refractivity contribution is 0.275. The Morgan fingerprint density at radius 1 is 1.26 bits per heavy atom. The quantitative estimate of drug-likeness (QED) is 0.826. The fourth-order valence-corrected chi connectivity index (χ4v) is 1.86. The third-order valence-corrected chi connectivity index (χ3v) is 2.80. The van der Waals surface area contributed by atoms with Gasteiger partial charge in [-0.1, -0.05) is 13.8 Å². The van der Waals surface area contributed by atoms with E-state index in [2.05, 4.69) is 26.1 Å². The number of aryl methyl sites for hydroxylation is 1. The zero-order valence-electron chi connectivity index (χ0n) is 11.9. The molecule has 0 aliphatic carbocycles. The lowest BCUT2D eigenvalue weighted by Crippen LogP contribution is -2.17. The Morgan fingerprint density at radius 3 is 2.68 bits per heavy atom. The number of rotatable bonds is 5. The van der Waals surface area contributed by atoms with Gasteiger partial charge in [0.05, 0.1) is 6.54 Å². The maximum Gasteiger partial charge on any atom is 0.230 e. The Kier molecular flexibility index (Phi) is 4.27. The predicted molar refractivity (Wildman–Crippen MR) is 72.5 cm³/mol. The smallest absolute Gasteiger partial charge is 0.230 e. The molecule has 0 aliphatic rings. The van der Waals surface area contributed by atoms with Crippen LogP contribution in [-0.2, 0) is 13.1 Å². The first-order valence-electron chi connectivity index (χ1n) is 6.47. The van der Waals surface area contributed by atoms with E-state index in [0.717, 1.165) is 12.2 Å². The van der Waals surface area contributed by atoms with Crippen LogP contribution >= 0.6 is 0 Å². The van der Waals surface area contributed by atoms with Crippen molar-refractivity contribution >= 4 is 0 Å². The maximum absolute atomic E-state index is 5.60. The van der Waals surface area contributed by atoms with Crippen molar-refractivity contribution in [2.24, 2.45) is 0 Å². The predicted octanol–water partition coefficient (Wildman–Crippen LogP) is 2.53. The monoisotopic (exact) mass is 260 g/mol. The minimum atomic E-state index is 0.273. The number of aromatic nitrogens is 3. The van der Waals surface area contributed by atoms with Crippen LogP contribution in [0.25, 0.3) is 0 Å². The fraction of sp³-hybridized carbons (Fsp3) is 0.500. The molecule has 0 amide bonds. The lowest BCUT2D eigenvalue weighted by atomic mass is 10.2. The van der Waals surface area contributed by atoms with Gasteiger partial charge in [-0.2, -0.15) is 0 Å². The summed E-state index contributed by atoms with van der Waals surface area (Å²) in [5.74, 6) is 1.63. The maximum atomic E-state index is 5.60. The molecule has 0 fully saturated rings. The first-order chi connectivity index (χ1) is 9.04. The molecule has 0 N–H and O–H groups in total. The summed E-state index contributed by atoms with van der Waals surface area (Å²) in [5, 5.41) is 8.10. The van der Waals surface area contributed by atoms with Crippen molar-refractivity contribution in [2.75, 3.05) is 7.05 Å². The average molecular weight is 260 g/mol. The number of hydrogen-bond acceptors (Lipinski definition) is 5. The molecule has 0 aromatic carbocycles. The molecule has 0 unspecified atom stereocenters. The van der Waals surface area contributed by atoms with Crippen LogP contribution in [0, 0.1) is 6.92 Å². The van der Waals surface area contributed by atoms with E-state index < -0.39 is 0 Å². The molecule has 19 heavy (non-hydrogen) atoms. The van der Waals surface area contributed by atoms with Crippen molar-refractivity contribution in [3.05, 3.63) is 41.4 Å². The molecule has 0 saturated heterocycles. The van der Waals surface area contributed by atoms with Gasteiger partial charge in [-0.25, -0.2) is 0 Å². The molecular weight excluding hydrogens is 240 g/mol. The van der Waals surface area contributed by atoms with Gasteiger partial charge in [0.2, 0.25) is 11.8 Å². The van der Waals surface area contributed by atoms with Crippen LogP contribution < -0.4 is 0 Å². The van der Waals surface area contributed by atoms with Crippen molar-refractivity contribution in [1.82, 2.24) is 20.1 Å². The highest BCUT2D eigenvalue weighted by atomic mass is 16.4. The van der Waals surface area contributed by atoms with Crippen LogP contribution in [0.15, 0.2) is 22.7 Å². The molecule has 102 valence electrons. The van der Waals surface area contributed by atoms with Crippen molar-refractivity contribution in [3.63, 3.8) is 0 Å². The normalized spacial score (nSPS) is 11.5. The summed E-state index contributed by atoms with van der Waals surface area (Å²) < 4.78 is 5.60. The van der Waals surface area contributed by atoms with Crippen molar-refractivity contribution in [1.29, 1.82) is 0 Å². The van der Waals surface area contributed by atoms with Crippen LogP contribution in [0.2, 0.25) is 0 Å². The number of pyridine rings is 1. The Bertz CT molecular complexity index is 536. The van der Waals surface area contributed by atoms with E-state index in [9.17, 15) is 0 Å². The fourth-order valence-electron chi connectivity index (χ4n) is 1.86. The molecule has 5 nitrogen and oxygen atoms in total. The van der Waals surface area contributed by atoms with Crippen molar-refractivity contribution in [2.45, 2.75) is 39.8 Å². The van der Waals surface area contributed by atoms with Crippen LogP contribution in [0.5, 0.6) is 0 Å². The Labute approximate surface area is 113 Å². The average Bonchev–Trinajstić information content (AvgIpc) is 2.77. The van der Waals surface area contributed by atoms with Gasteiger partial charge < -0.3 is 4.42 Å². The second-order valence-corrected chi connectivity index (χ2v) is 5.17. The minimum Gasteiger partial charge on any atom is -0.424 e. The highest BCUT2D eigenvalue weighted by molar-refractivity contribution is 5.15. The third-order valence-electron chi connectivity index (χ3n) is 2.80. The number of nitrogens with zero attached hydrogens (tertiary/aromatic N) is 4. The molecule has 0 atom stereocenters. The molecule has 0 saturated carbocycles. The summed E-state index contributed by atoms with van der Waals surface area (Å²) in [4.78, 5) is 6.34. The lowest BCUT2D eigenvalue weighted by Gasteiger charge is -2.14. The highest BCUT2D eigenvalue weighted by Crippen LogP contribution is 2.13. The van der Waals surface area contributed by atoms with Gasteiger partial charge in [-0.3, -0.25) is 9.88 Å². The summed E-state index contributed by atoms with van der Waals surface area (Å²) in [6.07, 6.45) is 1.84. The molecular formula is C14H20N4O. The zero-order valence-corrected chi connectivity index (χ0v) is 11.9. The van der Waals surface area contributed by atoms with E-state index in [1.165, 1.54) is 5.56 Å². The van der Waals surface area contributed by atoms with Gasteiger partial charge in [-0.05, 0) is 31.7 Å². The molecule has 0 bridgehead atoms. The summed E-state index contributed by atoms with van der Waals surface area (Å²) >= 11 is 0. The first kappa shape index (κ1) is 13.7. The minimum absolute atomic E-state index is 0.273. The molecule has 2 heterocycles. The zero-order chi connectivity index (χ0) is 13.8. The molecule has 0 spiro atoms. The Hall–Kier alpha value is -1.75. The van der Waals surface area contributed by atoms with Crippen LogP contribution in [-0.4, -0.2) is 27.1 Å². The van der Waals surface area contributed by atoms with E-state index in [1.54, 1.807) is 0 Å². The largest absolute Gasteiger partial charge is 0.424 e. The van der Waals surface area contributed by atoms with E-state index >= 15 is 0 Å². The summed E-state index contributed by atoms with van der Waals surface area (Å²) in [5.41, 5.74) is 2.27. The summed E-state index contributed by atoms with van der Waals surface area (Å²) in [6, 6.07) is 4.11. The Morgan fingerprint density at radius 2 is 2.05 bits per heavy atom. The molecule has 2 aromatic heterocycles. The number of hydrogen-bond donors (Lipinski definition) is 0. The molecule has 2 aromatic rings.